The number of fused-ring (bicyclic) bond motifs is 5. The second kappa shape index (κ2) is 4.71. The van der Waals surface area contributed by atoms with Gasteiger partial charge >= 0.3 is 0 Å². The van der Waals surface area contributed by atoms with Crippen molar-refractivity contribution in [2.75, 3.05) is 0 Å². The van der Waals surface area contributed by atoms with E-state index in [1.807, 2.05) is 6.07 Å². The van der Waals surface area contributed by atoms with Crippen molar-refractivity contribution in [3.05, 3.63) is 72.3 Å². The minimum absolute atomic E-state index is 0.979. The van der Waals surface area contributed by atoms with Crippen molar-refractivity contribution < 1.29 is 0 Å². The first-order chi connectivity index (χ1) is 11.7. The van der Waals surface area contributed by atoms with E-state index < -0.39 is 0 Å². The van der Waals surface area contributed by atoms with Crippen LogP contribution in [0, 0.1) is 6.92 Å². The van der Waals surface area contributed by atoms with Crippen LogP contribution in [0.25, 0.3) is 39.0 Å². The predicted molar refractivity (Wildman–Crippen MR) is 99.3 cm³/mol. The summed E-state index contributed by atoms with van der Waals surface area (Å²) in [6.07, 6.45) is 0. The molecule has 3 nitrogen and oxygen atoms in total. The molecule has 0 bridgehead atoms. The maximum Gasteiger partial charge on any atom is 0.215 e. The Balaban J connectivity index is 1.89. The van der Waals surface area contributed by atoms with Gasteiger partial charge in [0.25, 0.3) is 0 Å². The summed E-state index contributed by atoms with van der Waals surface area (Å²) in [6, 6.07) is 23.6. The Bertz CT molecular complexity index is 1220. The molecule has 0 aliphatic heterocycles. The summed E-state index contributed by atoms with van der Waals surface area (Å²) in [5.74, 6) is 0.979. The number of aromatic nitrogens is 3. The van der Waals surface area contributed by atoms with E-state index in [-0.39, 0.29) is 0 Å². The number of aryl methyl sites for hydroxylation is 2. The van der Waals surface area contributed by atoms with Crippen LogP contribution in [0.15, 0.2) is 66.7 Å². The van der Waals surface area contributed by atoms with Crippen molar-refractivity contribution in [1.29, 1.82) is 0 Å². The highest BCUT2D eigenvalue weighted by molar-refractivity contribution is 5.92. The Morgan fingerprint density at radius 1 is 0.750 bits per heavy atom. The fourth-order valence-electron chi connectivity index (χ4n) is 3.57. The summed E-state index contributed by atoms with van der Waals surface area (Å²) < 4.78 is 4.42. The largest absolute Gasteiger partial charge is 0.313 e. The highest BCUT2D eigenvalue weighted by atomic mass is 15.2. The minimum Gasteiger partial charge on any atom is -0.313 e. The Morgan fingerprint density at radius 2 is 1.58 bits per heavy atom. The Labute approximate surface area is 139 Å². The molecule has 0 spiro atoms. The van der Waals surface area contributed by atoms with Crippen molar-refractivity contribution in [3.63, 3.8) is 0 Å². The third kappa shape index (κ3) is 1.75. The van der Waals surface area contributed by atoms with Gasteiger partial charge in [0.15, 0.2) is 0 Å². The lowest BCUT2D eigenvalue weighted by atomic mass is 10.0. The molecular formula is C21H17N3. The summed E-state index contributed by atoms with van der Waals surface area (Å²) in [6.45, 7) is 2.13. The van der Waals surface area contributed by atoms with Crippen molar-refractivity contribution >= 4 is 27.8 Å². The molecule has 0 atom stereocenters. The third-order valence-electron chi connectivity index (χ3n) is 4.77. The zero-order valence-electron chi connectivity index (χ0n) is 13.7. The van der Waals surface area contributed by atoms with E-state index in [0.717, 1.165) is 16.8 Å². The maximum atomic E-state index is 4.79. The van der Waals surface area contributed by atoms with E-state index in [1.165, 1.54) is 27.7 Å². The van der Waals surface area contributed by atoms with Gasteiger partial charge in [0.1, 0.15) is 0 Å². The molecule has 0 radical (unpaired) electrons. The van der Waals surface area contributed by atoms with E-state index in [0.29, 0.717) is 0 Å². The van der Waals surface area contributed by atoms with Crippen LogP contribution >= 0.6 is 0 Å². The zero-order valence-corrected chi connectivity index (χ0v) is 13.7. The fourth-order valence-corrected chi connectivity index (χ4v) is 3.57. The van der Waals surface area contributed by atoms with E-state index >= 15 is 0 Å². The molecule has 0 fully saturated rings. The molecule has 2 aromatic heterocycles. The third-order valence-corrected chi connectivity index (χ3v) is 4.77. The monoisotopic (exact) mass is 311 g/mol. The normalized spacial score (nSPS) is 11.8. The molecular weight excluding hydrogens is 294 g/mol. The molecule has 0 unspecified atom stereocenters. The van der Waals surface area contributed by atoms with Gasteiger partial charge in [0.05, 0.1) is 22.1 Å². The van der Waals surface area contributed by atoms with Crippen LogP contribution in [0.2, 0.25) is 0 Å². The number of hydrogen-bond donors (Lipinski definition) is 0. The first-order valence-corrected chi connectivity index (χ1v) is 8.15. The molecule has 2 heterocycles. The van der Waals surface area contributed by atoms with Gasteiger partial charge in [-0.1, -0.05) is 48.0 Å². The van der Waals surface area contributed by atoms with Crippen LogP contribution < -0.4 is 0 Å². The molecule has 0 saturated heterocycles. The van der Waals surface area contributed by atoms with E-state index in [2.05, 4.69) is 83.6 Å². The molecule has 0 aliphatic carbocycles. The van der Waals surface area contributed by atoms with Crippen LogP contribution in [0.1, 0.15) is 5.56 Å². The van der Waals surface area contributed by atoms with Gasteiger partial charge in [-0.2, -0.15) is 0 Å². The lowest BCUT2D eigenvalue weighted by Gasteiger charge is -2.04. The van der Waals surface area contributed by atoms with E-state index in [4.69, 9.17) is 4.98 Å². The second-order valence-electron chi connectivity index (χ2n) is 6.37. The van der Waals surface area contributed by atoms with Gasteiger partial charge in [-0.25, -0.2) is 4.98 Å². The first kappa shape index (κ1) is 13.4. The van der Waals surface area contributed by atoms with Crippen molar-refractivity contribution in [3.8, 4) is 11.1 Å². The van der Waals surface area contributed by atoms with Gasteiger partial charge in [0, 0.05) is 7.05 Å². The summed E-state index contributed by atoms with van der Waals surface area (Å²) in [5, 5.41) is 0. The first-order valence-electron chi connectivity index (χ1n) is 8.15. The van der Waals surface area contributed by atoms with Crippen LogP contribution in [0.5, 0.6) is 0 Å². The average Bonchev–Trinajstić information content (AvgIpc) is 3.11. The molecule has 0 N–H and O–H groups in total. The Hall–Kier alpha value is -3.07. The molecule has 3 heteroatoms. The quantitative estimate of drug-likeness (QED) is 0.429. The fraction of sp³-hybridized carbons (Fsp3) is 0.0952. The van der Waals surface area contributed by atoms with Gasteiger partial charge in [-0.3, -0.25) is 4.40 Å². The molecule has 0 aliphatic rings. The van der Waals surface area contributed by atoms with Gasteiger partial charge < -0.3 is 4.57 Å². The number of imidazole rings is 2. The molecule has 5 aromatic rings. The van der Waals surface area contributed by atoms with Crippen LogP contribution in [-0.4, -0.2) is 14.0 Å². The van der Waals surface area contributed by atoms with Crippen LogP contribution in [0.3, 0.4) is 0 Å². The number of benzene rings is 3. The van der Waals surface area contributed by atoms with Crippen molar-refractivity contribution in [2.45, 2.75) is 6.92 Å². The molecule has 24 heavy (non-hydrogen) atoms. The molecule has 3 aromatic carbocycles. The van der Waals surface area contributed by atoms with Crippen molar-refractivity contribution in [2.24, 2.45) is 7.05 Å². The maximum absolute atomic E-state index is 4.79. The smallest absolute Gasteiger partial charge is 0.215 e. The predicted octanol–water partition coefficient (Wildman–Crippen LogP) is 4.95. The average molecular weight is 311 g/mol. The van der Waals surface area contributed by atoms with Crippen LogP contribution in [-0.2, 0) is 7.05 Å². The molecule has 0 saturated carbocycles. The zero-order chi connectivity index (χ0) is 16.3. The van der Waals surface area contributed by atoms with Crippen molar-refractivity contribution in [1.82, 2.24) is 14.0 Å². The SMILES string of the molecule is Cc1cccc(-c2ccc3c(c2)n2c4ccccc4nc2n3C)c1. The van der Waals surface area contributed by atoms with E-state index in [1.54, 1.807) is 0 Å². The Morgan fingerprint density at radius 3 is 2.46 bits per heavy atom. The number of rotatable bonds is 1. The lowest BCUT2D eigenvalue weighted by molar-refractivity contribution is 0.974. The summed E-state index contributed by atoms with van der Waals surface area (Å²) in [7, 11) is 2.08. The highest BCUT2D eigenvalue weighted by Gasteiger charge is 2.14. The Kier molecular flexibility index (Phi) is 2.63. The standard InChI is InChI=1S/C21H17N3/c1-14-6-5-7-15(12-14)16-10-11-19-20(13-16)24-18-9-4-3-8-17(18)22-21(24)23(19)2/h3-13H,1-2H3. The minimum atomic E-state index is 0.979. The molecule has 5 rings (SSSR count). The van der Waals surface area contributed by atoms with Gasteiger partial charge in [0.2, 0.25) is 5.78 Å². The summed E-state index contributed by atoms with van der Waals surface area (Å²) >= 11 is 0. The second-order valence-corrected chi connectivity index (χ2v) is 6.37. The van der Waals surface area contributed by atoms with Gasteiger partial charge in [-0.15, -0.1) is 0 Å². The van der Waals surface area contributed by atoms with E-state index in [9.17, 15) is 0 Å². The number of nitrogens with zero attached hydrogens (tertiary/aromatic N) is 3. The van der Waals surface area contributed by atoms with Crippen LogP contribution in [0.4, 0.5) is 0 Å². The summed E-state index contributed by atoms with van der Waals surface area (Å²) in [4.78, 5) is 4.79. The summed E-state index contributed by atoms with van der Waals surface area (Å²) in [5.41, 5.74) is 8.33. The molecule has 0 amide bonds. The molecule has 116 valence electrons. The van der Waals surface area contributed by atoms with Gasteiger partial charge in [-0.05, 0) is 42.3 Å². The highest BCUT2D eigenvalue weighted by Crippen LogP contribution is 2.29. The topological polar surface area (TPSA) is 22.2 Å². The number of hydrogen-bond acceptors (Lipinski definition) is 1. The lowest BCUT2D eigenvalue weighted by Crippen LogP contribution is -1.88. The number of para-hydroxylation sites is 2.